The highest BCUT2D eigenvalue weighted by Crippen LogP contribution is 2.24. The van der Waals surface area contributed by atoms with E-state index >= 15 is 0 Å². The fraction of sp³-hybridized carbons (Fsp3) is 0.222. The van der Waals surface area contributed by atoms with Gasteiger partial charge in [0.25, 0.3) is 5.91 Å². The van der Waals surface area contributed by atoms with Crippen LogP contribution < -0.4 is 10.2 Å². The van der Waals surface area contributed by atoms with Crippen LogP contribution in [0.15, 0.2) is 36.5 Å². The van der Waals surface area contributed by atoms with Crippen molar-refractivity contribution in [2.45, 2.75) is 19.4 Å². The highest BCUT2D eigenvalue weighted by atomic mass is 35.5. The van der Waals surface area contributed by atoms with Crippen LogP contribution in [0, 0.1) is 6.92 Å². The monoisotopic (exact) mass is 369 g/mol. The van der Waals surface area contributed by atoms with Gasteiger partial charge in [0.05, 0.1) is 5.56 Å². The quantitative estimate of drug-likeness (QED) is 0.742. The number of nitrogens with zero attached hydrogens (tertiary/aromatic N) is 3. The summed E-state index contributed by atoms with van der Waals surface area (Å²) in [5.74, 6) is -0.472. The van der Waals surface area contributed by atoms with Crippen molar-refractivity contribution < 1.29 is 9.59 Å². The first-order valence-electron chi connectivity index (χ1n) is 8.21. The number of halogens is 1. The minimum atomic E-state index is -0.567. The van der Waals surface area contributed by atoms with E-state index in [1.807, 2.05) is 13.0 Å². The lowest BCUT2D eigenvalue weighted by Gasteiger charge is -2.17. The van der Waals surface area contributed by atoms with Crippen LogP contribution >= 0.6 is 11.6 Å². The maximum Gasteiger partial charge on any atom is 0.253 e. The van der Waals surface area contributed by atoms with Gasteiger partial charge in [0.2, 0.25) is 5.91 Å². The van der Waals surface area contributed by atoms with Gasteiger partial charge in [-0.15, -0.1) is 0 Å². The Kier molecular flexibility index (Phi) is 4.08. The molecule has 0 radical (unpaired) electrons. The number of aryl methyl sites for hydroxylation is 1. The summed E-state index contributed by atoms with van der Waals surface area (Å²) in [6, 6.07) is 8.28. The van der Waals surface area contributed by atoms with Crippen LogP contribution in [-0.2, 0) is 4.79 Å². The molecule has 1 unspecified atom stereocenters. The van der Waals surface area contributed by atoms with E-state index in [4.69, 9.17) is 11.6 Å². The second-order valence-corrected chi connectivity index (χ2v) is 6.66. The molecule has 2 N–H and O–H groups in total. The zero-order valence-electron chi connectivity index (χ0n) is 14.0. The molecule has 0 saturated carbocycles. The normalized spacial score (nSPS) is 17.1. The molecule has 7 nitrogen and oxygen atoms in total. The first kappa shape index (κ1) is 16.5. The molecule has 0 bridgehead atoms. The molecule has 1 atom stereocenters. The van der Waals surface area contributed by atoms with Gasteiger partial charge in [-0.2, -0.15) is 5.10 Å². The second-order valence-electron chi connectivity index (χ2n) is 6.23. The topological polar surface area (TPSA) is 91.0 Å². The van der Waals surface area contributed by atoms with Crippen molar-refractivity contribution in [1.29, 1.82) is 0 Å². The van der Waals surface area contributed by atoms with Crippen LogP contribution in [-0.4, -0.2) is 39.6 Å². The summed E-state index contributed by atoms with van der Waals surface area (Å²) >= 11 is 6.00. The van der Waals surface area contributed by atoms with E-state index < -0.39 is 6.04 Å². The molecule has 1 fully saturated rings. The molecule has 132 valence electrons. The number of hydrogen-bond donors (Lipinski definition) is 2. The summed E-state index contributed by atoms with van der Waals surface area (Å²) < 4.78 is 0. The van der Waals surface area contributed by atoms with Crippen molar-refractivity contribution in [2.75, 3.05) is 11.4 Å². The Morgan fingerprint density at radius 2 is 2.23 bits per heavy atom. The molecule has 1 saturated heterocycles. The summed E-state index contributed by atoms with van der Waals surface area (Å²) in [6.45, 7) is 2.39. The van der Waals surface area contributed by atoms with Crippen LogP contribution in [0.4, 0.5) is 5.69 Å². The van der Waals surface area contributed by atoms with E-state index in [9.17, 15) is 9.59 Å². The number of pyridine rings is 1. The number of anilines is 1. The fourth-order valence-electron chi connectivity index (χ4n) is 3.10. The lowest BCUT2D eigenvalue weighted by atomic mass is 10.1. The van der Waals surface area contributed by atoms with E-state index in [2.05, 4.69) is 20.5 Å². The van der Waals surface area contributed by atoms with Gasteiger partial charge in [-0.3, -0.25) is 14.7 Å². The Labute approximate surface area is 154 Å². The molecule has 0 aliphatic carbocycles. The van der Waals surface area contributed by atoms with Crippen LogP contribution in [0.25, 0.3) is 11.0 Å². The number of aromatic amines is 1. The first-order chi connectivity index (χ1) is 12.5. The Morgan fingerprint density at radius 3 is 3.04 bits per heavy atom. The molecule has 26 heavy (non-hydrogen) atoms. The number of hydrogen-bond acceptors (Lipinski definition) is 4. The highest BCUT2D eigenvalue weighted by Gasteiger charge is 2.34. The number of rotatable bonds is 3. The lowest BCUT2D eigenvalue weighted by Crippen LogP contribution is -2.41. The Morgan fingerprint density at radius 1 is 1.38 bits per heavy atom. The lowest BCUT2D eigenvalue weighted by molar-refractivity contribution is -0.118. The van der Waals surface area contributed by atoms with E-state index in [0.717, 1.165) is 16.8 Å². The van der Waals surface area contributed by atoms with Crippen LogP contribution in [0.1, 0.15) is 22.5 Å². The van der Waals surface area contributed by atoms with Crippen molar-refractivity contribution in [1.82, 2.24) is 20.5 Å². The van der Waals surface area contributed by atoms with Crippen molar-refractivity contribution in [3.63, 3.8) is 0 Å². The summed E-state index contributed by atoms with van der Waals surface area (Å²) in [4.78, 5) is 31.0. The number of nitrogens with one attached hydrogen (secondary N) is 2. The second kappa shape index (κ2) is 6.42. The number of aromatic nitrogens is 3. The zero-order chi connectivity index (χ0) is 18.3. The molecule has 3 heterocycles. The number of fused-ring (bicyclic) bond motifs is 1. The number of benzene rings is 1. The molecule has 1 aromatic carbocycles. The minimum absolute atomic E-state index is 0.144. The van der Waals surface area contributed by atoms with Crippen molar-refractivity contribution in [3.05, 3.63) is 52.8 Å². The average molecular weight is 370 g/mol. The summed E-state index contributed by atoms with van der Waals surface area (Å²) in [7, 11) is 0. The van der Waals surface area contributed by atoms with Crippen molar-refractivity contribution in [2.24, 2.45) is 0 Å². The zero-order valence-corrected chi connectivity index (χ0v) is 14.7. The van der Waals surface area contributed by atoms with Gasteiger partial charge in [-0.25, -0.2) is 4.98 Å². The van der Waals surface area contributed by atoms with Crippen LogP contribution in [0.3, 0.4) is 0 Å². The summed E-state index contributed by atoms with van der Waals surface area (Å²) in [5, 5.41) is 11.0. The van der Waals surface area contributed by atoms with Gasteiger partial charge in [-0.1, -0.05) is 17.7 Å². The first-order valence-corrected chi connectivity index (χ1v) is 8.59. The van der Waals surface area contributed by atoms with Gasteiger partial charge in [0.1, 0.15) is 6.04 Å². The molecule has 8 heteroatoms. The molecule has 4 rings (SSSR count). The molecule has 3 aromatic rings. The Bertz CT molecular complexity index is 1020. The number of H-pyrrole nitrogens is 1. The third-order valence-electron chi connectivity index (χ3n) is 4.49. The van der Waals surface area contributed by atoms with Gasteiger partial charge in [-0.05, 0) is 37.6 Å². The number of amides is 2. The van der Waals surface area contributed by atoms with Crippen molar-refractivity contribution in [3.8, 4) is 0 Å². The van der Waals surface area contributed by atoms with Gasteiger partial charge in [0, 0.05) is 34.5 Å². The Balaban J connectivity index is 1.50. The predicted molar refractivity (Wildman–Crippen MR) is 98.3 cm³/mol. The van der Waals surface area contributed by atoms with Crippen molar-refractivity contribution >= 4 is 40.1 Å². The third kappa shape index (κ3) is 2.90. The predicted octanol–water partition coefficient (Wildman–Crippen LogP) is 2.46. The summed E-state index contributed by atoms with van der Waals surface area (Å²) in [5.41, 5.74) is 2.53. The third-order valence-corrected chi connectivity index (χ3v) is 4.73. The van der Waals surface area contributed by atoms with E-state index in [-0.39, 0.29) is 11.8 Å². The largest absolute Gasteiger partial charge is 0.340 e. The number of carbonyl (C=O) groups excluding carboxylic acids is 2. The Hall–Kier alpha value is -2.93. The smallest absolute Gasteiger partial charge is 0.253 e. The SMILES string of the molecule is Cc1[nH]nc2ncc(C(=O)NC3CCN(c4cccc(Cl)c4)C3=O)cc12. The fourth-order valence-corrected chi connectivity index (χ4v) is 3.28. The van der Waals surface area contributed by atoms with Gasteiger partial charge in [0.15, 0.2) is 5.65 Å². The maximum absolute atomic E-state index is 12.6. The molecular formula is C18H16ClN5O2. The standard InChI is InChI=1S/C18H16ClN5O2/c1-10-14-7-11(9-20-16(14)23-22-10)17(25)21-15-5-6-24(18(15)26)13-4-2-3-12(19)8-13/h2-4,7-9,15H,5-6H2,1H3,(H,21,25)(H,20,22,23). The highest BCUT2D eigenvalue weighted by molar-refractivity contribution is 6.31. The molecular weight excluding hydrogens is 354 g/mol. The molecule has 1 aliphatic heterocycles. The summed E-state index contributed by atoms with van der Waals surface area (Å²) in [6.07, 6.45) is 2.00. The van der Waals surface area contributed by atoms with Crippen LogP contribution in [0.5, 0.6) is 0 Å². The van der Waals surface area contributed by atoms with Gasteiger partial charge < -0.3 is 10.2 Å². The van der Waals surface area contributed by atoms with Gasteiger partial charge >= 0.3 is 0 Å². The van der Waals surface area contributed by atoms with E-state index in [1.54, 1.807) is 29.2 Å². The van der Waals surface area contributed by atoms with E-state index in [0.29, 0.717) is 29.2 Å². The molecule has 1 aliphatic rings. The minimum Gasteiger partial charge on any atom is -0.340 e. The molecule has 0 spiro atoms. The van der Waals surface area contributed by atoms with E-state index in [1.165, 1.54) is 6.20 Å². The molecule has 2 amide bonds. The molecule has 2 aromatic heterocycles. The maximum atomic E-state index is 12.6. The number of carbonyl (C=O) groups is 2. The van der Waals surface area contributed by atoms with Crippen LogP contribution in [0.2, 0.25) is 5.02 Å². The average Bonchev–Trinajstić information content (AvgIpc) is 3.18.